The molecule has 0 spiro atoms. The summed E-state index contributed by atoms with van der Waals surface area (Å²) in [5.74, 6) is 0.672. The zero-order valence-electron chi connectivity index (χ0n) is 17.0. The van der Waals surface area contributed by atoms with E-state index in [1.807, 2.05) is 60.7 Å². The third kappa shape index (κ3) is 3.87. The average Bonchev–Trinajstić information content (AvgIpc) is 3.21. The third-order valence-corrected chi connectivity index (χ3v) is 7.88. The molecular weight excluding hydrogens is 400 g/mol. The lowest BCUT2D eigenvalue weighted by Gasteiger charge is -2.40. The molecule has 0 radical (unpaired) electrons. The molecule has 0 saturated carbocycles. The van der Waals surface area contributed by atoms with E-state index in [4.69, 9.17) is 4.42 Å². The molecule has 1 aliphatic heterocycles. The Morgan fingerprint density at radius 2 is 1.73 bits per heavy atom. The molecule has 2 heterocycles. The van der Waals surface area contributed by atoms with Gasteiger partial charge in [-0.2, -0.15) is 0 Å². The Morgan fingerprint density at radius 1 is 1.07 bits per heavy atom. The van der Waals surface area contributed by atoms with Crippen LogP contribution in [0.25, 0.3) is 11.0 Å². The summed E-state index contributed by atoms with van der Waals surface area (Å²) < 4.78 is 31.9. The number of amides is 1. The molecule has 0 unspecified atom stereocenters. The summed E-state index contributed by atoms with van der Waals surface area (Å²) in [6.45, 7) is 2.61. The zero-order valence-corrected chi connectivity index (χ0v) is 17.8. The number of fused-ring (bicyclic) bond motifs is 1. The molecule has 0 aliphatic carbocycles. The predicted octanol–water partition coefficient (Wildman–Crippen LogP) is 3.43. The number of furan rings is 1. The van der Waals surface area contributed by atoms with E-state index in [1.54, 1.807) is 6.92 Å². The zero-order chi connectivity index (χ0) is 21.2. The van der Waals surface area contributed by atoms with Crippen molar-refractivity contribution >= 4 is 26.9 Å². The molecule has 1 saturated heterocycles. The van der Waals surface area contributed by atoms with Gasteiger partial charge in [-0.1, -0.05) is 48.5 Å². The van der Waals surface area contributed by atoms with Gasteiger partial charge in [-0.15, -0.1) is 0 Å². The third-order valence-electron chi connectivity index (χ3n) is 5.99. The number of para-hydroxylation sites is 1. The van der Waals surface area contributed by atoms with Crippen molar-refractivity contribution in [3.63, 3.8) is 0 Å². The number of carbonyl (C=O) groups excluding carboxylic acids is 1. The van der Waals surface area contributed by atoms with Crippen molar-refractivity contribution in [1.82, 2.24) is 9.62 Å². The molecule has 30 heavy (non-hydrogen) atoms. The Kier molecular flexibility index (Phi) is 5.66. The molecule has 4 rings (SSSR count). The van der Waals surface area contributed by atoms with Crippen LogP contribution in [0, 0.1) is 0 Å². The van der Waals surface area contributed by atoms with Crippen molar-refractivity contribution in [1.29, 1.82) is 0 Å². The van der Waals surface area contributed by atoms with Crippen LogP contribution in [-0.4, -0.2) is 37.5 Å². The van der Waals surface area contributed by atoms with Crippen molar-refractivity contribution in [2.24, 2.45) is 0 Å². The highest BCUT2D eigenvalue weighted by atomic mass is 32.2. The number of nitrogens with zero attached hydrogens (tertiary/aromatic N) is 1. The van der Waals surface area contributed by atoms with Gasteiger partial charge in [0.2, 0.25) is 15.9 Å². The summed E-state index contributed by atoms with van der Waals surface area (Å²) in [5, 5.41) is 4.03. The molecule has 3 aromatic rings. The summed E-state index contributed by atoms with van der Waals surface area (Å²) in [4.78, 5) is 13.4. The van der Waals surface area contributed by atoms with Crippen LogP contribution in [-0.2, 0) is 26.8 Å². The highest BCUT2D eigenvalue weighted by molar-refractivity contribution is 7.89. The Morgan fingerprint density at radius 3 is 2.40 bits per heavy atom. The minimum atomic E-state index is -3.26. The fraction of sp³-hybridized carbons (Fsp3) is 0.348. The summed E-state index contributed by atoms with van der Waals surface area (Å²) in [6, 6.07) is 19.3. The number of piperidine rings is 1. The predicted molar refractivity (Wildman–Crippen MR) is 116 cm³/mol. The molecule has 1 aromatic heterocycles. The van der Waals surface area contributed by atoms with Crippen LogP contribution < -0.4 is 5.32 Å². The van der Waals surface area contributed by atoms with Gasteiger partial charge < -0.3 is 9.73 Å². The van der Waals surface area contributed by atoms with E-state index < -0.39 is 15.4 Å². The van der Waals surface area contributed by atoms with E-state index in [2.05, 4.69) is 5.32 Å². The number of hydrogen-bond acceptors (Lipinski definition) is 4. The fourth-order valence-corrected chi connectivity index (χ4v) is 5.30. The SMILES string of the molecule is CCS(=O)(=O)N1CCC(C(=O)NCc2cc3ccccc3o2)(c2ccccc2)CC1. The molecule has 158 valence electrons. The molecule has 0 bridgehead atoms. The van der Waals surface area contributed by atoms with Crippen molar-refractivity contribution in [2.45, 2.75) is 31.7 Å². The average molecular weight is 427 g/mol. The number of benzene rings is 2. The van der Waals surface area contributed by atoms with Crippen LogP contribution in [0.1, 0.15) is 31.1 Å². The maximum atomic E-state index is 13.4. The molecule has 0 atom stereocenters. The van der Waals surface area contributed by atoms with Crippen molar-refractivity contribution in [3.8, 4) is 0 Å². The van der Waals surface area contributed by atoms with Gasteiger partial charge in [0.25, 0.3) is 0 Å². The van der Waals surface area contributed by atoms with Gasteiger partial charge >= 0.3 is 0 Å². The lowest BCUT2D eigenvalue weighted by molar-refractivity contribution is -0.128. The van der Waals surface area contributed by atoms with E-state index in [-0.39, 0.29) is 11.7 Å². The first-order chi connectivity index (χ1) is 14.4. The standard InChI is InChI=1S/C23H26N2O4S/c1-2-30(27,28)25-14-12-23(13-15-25,19-9-4-3-5-10-19)22(26)24-17-20-16-18-8-6-7-11-21(18)29-20/h3-11,16H,2,12-15,17H2,1H3,(H,24,26). The number of sulfonamides is 1. The molecule has 1 N–H and O–H groups in total. The summed E-state index contributed by atoms with van der Waals surface area (Å²) in [5.41, 5.74) is 0.950. The Labute approximate surface area is 176 Å². The van der Waals surface area contributed by atoms with Crippen LogP contribution in [0.5, 0.6) is 0 Å². The lowest BCUT2D eigenvalue weighted by Crippen LogP contribution is -2.52. The van der Waals surface area contributed by atoms with Crippen LogP contribution in [0.15, 0.2) is 65.1 Å². The van der Waals surface area contributed by atoms with Gasteiger partial charge in [0, 0.05) is 18.5 Å². The Bertz CT molecular complexity index is 1100. The molecule has 1 aliphatic rings. The van der Waals surface area contributed by atoms with E-state index >= 15 is 0 Å². The van der Waals surface area contributed by atoms with E-state index in [1.165, 1.54) is 4.31 Å². The Balaban J connectivity index is 1.55. The molecule has 1 fully saturated rings. The van der Waals surface area contributed by atoms with Crippen molar-refractivity contribution < 1.29 is 17.6 Å². The van der Waals surface area contributed by atoms with Crippen LogP contribution in [0.3, 0.4) is 0 Å². The van der Waals surface area contributed by atoms with Gasteiger partial charge in [-0.25, -0.2) is 12.7 Å². The molecule has 6 nitrogen and oxygen atoms in total. The van der Waals surface area contributed by atoms with E-state index in [0.717, 1.165) is 16.5 Å². The quantitative estimate of drug-likeness (QED) is 0.655. The first kappa shape index (κ1) is 20.6. The molecular formula is C23H26N2O4S. The van der Waals surface area contributed by atoms with Crippen molar-refractivity contribution in [3.05, 3.63) is 72.0 Å². The topological polar surface area (TPSA) is 79.6 Å². The van der Waals surface area contributed by atoms with Crippen LogP contribution in [0.2, 0.25) is 0 Å². The van der Waals surface area contributed by atoms with Gasteiger partial charge in [0.05, 0.1) is 17.7 Å². The maximum absolute atomic E-state index is 13.4. The molecule has 1 amide bonds. The van der Waals surface area contributed by atoms with Gasteiger partial charge in [-0.05, 0) is 37.5 Å². The second kappa shape index (κ2) is 8.24. The molecule has 7 heteroatoms. The minimum Gasteiger partial charge on any atom is -0.459 e. The number of rotatable bonds is 6. The first-order valence-corrected chi connectivity index (χ1v) is 11.8. The highest BCUT2D eigenvalue weighted by Crippen LogP contribution is 2.37. The number of hydrogen-bond donors (Lipinski definition) is 1. The number of nitrogens with one attached hydrogen (secondary N) is 1. The highest BCUT2D eigenvalue weighted by Gasteiger charge is 2.44. The second-order valence-electron chi connectivity index (χ2n) is 7.68. The second-order valence-corrected chi connectivity index (χ2v) is 9.94. The summed E-state index contributed by atoms with van der Waals surface area (Å²) in [6.07, 6.45) is 0.893. The lowest BCUT2D eigenvalue weighted by atomic mass is 9.72. The minimum absolute atomic E-state index is 0.0730. The monoisotopic (exact) mass is 426 g/mol. The first-order valence-electron chi connectivity index (χ1n) is 10.2. The largest absolute Gasteiger partial charge is 0.459 e. The Hall–Kier alpha value is -2.64. The normalized spacial score (nSPS) is 17.1. The smallest absolute Gasteiger partial charge is 0.231 e. The fourth-order valence-electron chi connectivity index (χ4n) is 4.19. The van der Waals surface area contributed by atoms with E-state index in [9.17, 15) is 13.2 Å². The van der Waals surface area contributed by atoms with Gasteiger partial charge in [0.15, 0.2) is 0 Å². The molecule has 2 aromatic carbocycles. The van der Waals surface area contributed by atoms with Crippen LogP contribution >= 0.6 is 0 Å². The van der Waals surface area contributed by atoms with Gasteiger partial charge in [-0.3, -0.25) is 4.79 Å². The maximum Gasteiger partial charge on any atom is 0.231 e. The number of carbonyl (C=O) groups is 1. The summed E-state index contributed by atoms with van der Waals surface area (Å²) >= 11 is 0. The van der Waals surface area contributed by atoms with Crippen molar-refractivity contribution in [2.75, 3.05) is 18.8 Å². The summed E-state index contributed by atoms with van der Waals surface area (Å²) in [7, 11) is -3.26. The van der Waals surface area contributed by atoms with E-state index in [0.29, 0.717) is 38.2 Å². The van der Waals surface area contributed by atoms with Gasteiger partial charge in [0.1, 0.15) is 11.3 Å². The van der Waals surface area contributed by atoms with Crippen LogP contribution in [0.4, 0.5) is 0 Å².